The van der Waals surface area contributed by atoms with Gasteiger partial charge in [0.05, 0.1) is 11.5 Å². The number of aliphatic hydroxyl groups excluding tert-OH is 1. The van der Waals surface area contributed by atoms with Crippen LogP contribution in [0.15, 0.2) is 23.1 Å². The molecular formula is C14H22N2O3S. The quantitative estimate of drug-likeness (QED) is 0.894. The molecule has 5 nitrogen and oxygen atoms in total. The lowest BCUT2D eigenvalue weighted by molar-refractivity contribution is 0.280. The van der Waals surface area contributed by atoms with Crippen molar-refractivity contribution in [2.75, 3.05) is 27.2 Å². The first-order valence-corrected chi connectivity index (χ1v) is 8.17. The number of hydrogen-bond acceptors (Lipinski definition) is 4. The molecule has 0 radical (unpaired) electrons. The average molecular weight is 298 g/mol. The topological polar surface area (TPSA) is 60.9 Å². The summed E-state index contributed by atoms with van der Waals surface area (Å²) < 4.78 is 26.7. The Morgan fingerprint density at radius 3 is 2.65 bits per heavy atom. The molecule has 1 aromatic rings. The second-order valence-electron chi connectivity index (χ2n) is 5.52. The van der Waals surface area contributed by atoms with Crippen molar-refractivity contribution < 1.29 is 13.5 Å². The van der Waals surface area contributed by atoms with Gasteiger partial charge in [0.15, 0.2) is 0 Å². The van der Waals surface area contributed by atoms with E-state index in [-0.39, 0.29) is 17.5 Å². The number of nitrogens with zero attached hydrogens (tertiary/aromatic N) is 2. The van der Waals surface area contributed by atoms with Crippen LogP contribution < -0.4 is 0 Å². The summed E-state index contributed by atoms with van der Waals surface area (Å²) in [5.74, 6) is 0. The highest BCUT2D eigenvalue weighted by Crippen LogP contribution is 2.24. The fraction of sp³-hybridized carbons (Fsp3) is 0.571. The number of sulfonamides is 1. The molecule has 1 unspecified atom stereocenters. The van der Waals surface area contributed by atoms with E-state index in [0.717, 1.165) is 12.0 Å². The molecule has 1 fully saturated rings. The molecule has 1 N–H and O–H groups in total. The molecule has 1 aromatic carbocycles. The Morgan fingerprint density at radius 1 is 1.40 bits per heavy atom. The maximum atomic E-state index is 12.6. The summed E-state index contributed by atoms with van der Waals surface area (Å²) in [5.41, 5.74) is 1.56. The van der Waals surface area contributed by atoms with Gasteiger partial charge in [-0.05, 0) is 50.7 Å². The summed E-state index contributed by atoms with van der Waals surface area (Å²) in [6.45, 7) is 2.79. The average Bonchev–Trinajstić information content (AvgIpc) is 2.89. The smallest absolute Gasteiger partial charge is 0.243 e. The Morgan fingerprint density at radius 2 is 2.10 bits per heavy atom. The molecule has 0 spiro atoms. The molecular weight excluding hydrogens is 276 g/mol. The van der Waals surface area contributed by atoms with Gasteiger partial charge in [-0.1, -0.05) is 6.07 Å². The van der Waals surface area contributed by atoms with E-state index in [2.05, 4.69) is 4.90 Å². The SMILES string of the molecule is Cc1ccc(S(=O)(=O)N2CCC(N(C)C)C2)cc1CO. The highest BCUT2D eigenvalue weighted by molar-refractivity contribution is 7.89. The van der Waals surface area contributed by atoms with E-state index >= 15 is 0 Å². The molecule has 1 saturated heterocycles. The fourth-order valence-corrected chi connectivity index (χ4v) is 4.02. The van der Waals surface area contributed by atoms with Crippen LogP contribution in [-0.2, 0) is 16.6 Å². The molecule has 0 bridgehead atoms. The van der Waals surface area contributed by atoms with Gasteiger partial charge in [0, 0.05) is 19.1 Å². The monoisotopic (exact) mass is 298 g/mol. The third kappa shape index (κ3) is 2.88. The van der Waals surface area contributed by atoms with Crippen molar-refractivity contribution in [3.8, 4) is 0 Å². The summed E-state index contributed by atoms with van der Waals surface area (Å²) in [6.07, 6.45) is 0.852. The minimum Gasteiger partial charge on any atom is -0.392 e. The third-order valence-electron chi connectivity index (χ3n) is 3.99. The van der Waals surface area contributed by atoms with Crippen LogP contribution in [0.1, 0.15) is 17.5 Å². The third-order valence-corrected chi connectivity index (χ3v) is 5.85. The summed E-state index contributed by atoms with van der Waals surface area (Å²) in [5, 5.41) is 9.27. The Kier molecular flexibility index (Phi) is 4.49. The van der Waals surface area contributed by atoms with Gasteiger partial charge in [0.2, 0.25) is 10.0 Å². The number of rotatable bonds is 4. The molecule has 20 heavy (non-hydrogen) atoms. The van der Waals surface area contributed by atoms with Crippen LogP contribution in [0.25, 0.3) is 0 Å². The minimum absolute atomic E-state index is 0.143. The predicted octanol–water partition coefficient (Wildman–Crippen LogP) is 0.812. The summed E-state index contributed by atoms with van der Waals surface area (Å²) in [4.78, 5) is 2.33. The fourth-order valence-electron chi connectivity index (χ4n) is 2.48. The highest BCUT2D eigenvalue weighted by Gasteiger charge is 2.33. The van der Waals surface area contributed by atoms with Crippen LogP contribution >= 0.6 is 0 Å². The maximum Gasteiger partial charge on any atom is 0.243 e. The second kappa shape index (κ2) is 5.81. The van der Waals surface area contributed by atoms with E-state index < -0.39 is 10.0 Å². The first-order chi connectivity index (χ1) is 9.36. The minimum atomic E-state index is -3.46. The largest absolute Gasteiger partial charge is 0.392 e. The molecule has 0 aliphatic carbocycles. The van der Waals surface area contributed by atoms with Crippen LogP contribution in [0.5, 0.6) is 0 Å². The second-order valence-corrected chi connectivity index (χ2v) is 7.45. The van der Waals surface area contributed by atoms with Crippen LogP contribution in [0.3, 0.4) is 0 Å². The molecule has 1 heterocycles. The molecule has 6 heteroatoms. The molecule has 1 aliphatic rings. The number of hydrogen-bond donors (Lipinski definition) is 1. The standard InChI is InChI=1S/C14H22N2O3S/c1-11-4-5-14(8-12(11)10-17)20(18,19)16-7-6-13(9-16)15(2)3/h4-5,8,13,17H,6-7,9-10H2,1-3H3. The van der Waals surface area contributed by atoms with Crippen molar-refractivity contribution in [2.45, 2.75) is 30.9 Å². The zero-order valence-corrected chi connectivity index (χ0v) is 13.0. The van der Waals surface area contributed by atoms with E-state index in [1.807, 2.05) is 21.0 Å². The molecule has 1 aliphatic heterocycles. The van der Waals surface area contributed by atoms with Crippen molar-refractivity contribution in [1.82, 2.24) is 9.21 Å². The summed E-state index contributed by atoms with van der Waals surface area (Å²) in [6, 6.07) is 5.21. The number of aliphatic hydroxyl groups is 1. The van der Waals surface area contributed by atoms with Gasteiger partial charge in [-0.25, -0.2) is 8.42 Å². The lowest BCUT2D eigenvalue weighted by Crippen LogP contribution is -2.34. The van der Waals surface area contributed by atoms with Gasteiger partial charge < -0.3 is 10.0 Å². The highest BCUT2D eigenvalue weighted by atomic mass is 32.2. The van der Waals surface area contributed by atoms with E-state index in [0.29, 0.717) is 18.7 Å². The normalized spacial score (nSPS) is 20.8. The summed E-state index contributed by atoms with van der Waals surface area (Å²) >= 11 is 0. The molecule has 0 saturated carbocycles. The van der Waals surface area contributed by atoms with E-state index in [9.17, 15) is 13.5 Å². The van der Waals surface area contributed by atoms with Crippen LogP contribution in [0, 0.1) is 6.92 Å². The van der Waals surface area contributed by atoms with Crippen molar-refractivity contribution >= 4 is 10.0 Å². The van der Waals surface area contributed by atoms with Gasteiger partial charge in [-0.3, -0.25) is 0 Å². The Labute approximate surface area is 120 Å². The Balaban J connectivity index is 2.27. The number of likely N-dealkylation sites (N-methyl/N-ethyl adjacent to an activating group) is 1. The van der Waals surface area contributed by atoms with E-state index in [1.54, 1.807) is 18.2 Å². The zero-order valence-electron chi connectivity index (χ0n) is 12.2. The van der Waals surface area contributed by atoms with Gasteiger partial charge in [0.1, 0.15) is 0 Å². The predicted molar refractivity (Wildman–Crippen MR) is 78.0 cm³/mol. The molecule has 0 amide bonds. The van der Waals surface area contributed by atoms with Crippen molar-refractivity contribution in [3.63, 3.8) is 0 Å². The number of aryl methyl sites for hydroxylation is 1. The molecule has 1 atom stereocenters. The molecule has 0 aromatic heterocycles. The van der Waals surface area contributed by atoms with Crippen LogP contribution in [0.4, 0.5) is 0 Å². The van der Waals surface area contributed by atoms with E-state index in [4.69, 9.17) is 0 Å². The Bertz CT molecular complexity index is 584. The van der Waals surface area contributed by atoms with Crippen molar-refractivity contribution in [2.24, 2.45) is 0 Å². The first kappa shape index (κ1) is 15.4. The lowest BCUT2D eigenvalue weighted by atomic mass is 10.1. The first-order valence-electron chi connectivity index (χ1n) is 6.73. The van der Waals surface area contributed by atoms with Gasteiger partial charge in [0.25, 0.3) is 0 Å². The lowest BCUT2D eigenvalue weighted by Gasteiger charge is -2.20. The molecule has 2 rings (SSSR count). The Hall–Kier alpha value is -0.950. The van der Waals surface area contributed by atoms with E-state index in [1.165, 1.54) is 4.31 Å². The van der Waals surface area contributed by atoms with Crippen LogP contribution in [0.2, 0.25) is 0 Å². The zero-order chi connectivity index (χ0) is 14.9. The summed E-state index contributed by atoms with van der Waals surface area (Å²) in [7, 11) is 0.479. The maximum absolute atomic E-state index is 12.6. The van der Waals surface area contributed by atoms with Crippen molar-refractivity contribution in [3.05, 3.63) is 29.3 Å². The van der Waals surface area contributed by atoms with Crippen molar-refractivity contribution in [1.29, 1.82) is 0 Å². The number of benzene rings is 1. The van der Waals surface area contributed by atoms with Gasteiger partial charge in [-0.15, -0.1) is 0 Å². The molecule has 112 valence electrons. The van der Waals surface area contributed by atoms with Gasteiger partial charge in [-0.2, -0.15) is 4.31 Å². The van der Waals surface area contributed by atoms with Crippen LogP contribution in [-0.4, -0.2) is 56.0 Å². The van der Waals surface area contributed by atoms with Gasteiger partial charge >= 0.3 is 0 Å².